The van der Waals surface area contributed by atoms with Crippen LogP contribution < -0.4 is 20.9 Å². The molecule has 2 aliphatic rings. The molecule has 2 fully saturated rings. The number of hydrogen-bond acceptors (Lipinski definition) is 6. The number of anilines is 1. The summed E-state index contributed by atoms with van der Waals surface area (Å²) < 4.78 is 7.44. The third-order valence-corrected chi connectivity index (χ3v) is 6.34. The molecule has 2 N–H and O–H groups in total. The fourth-order valence-electron chi connectivity index (χ4n) is 3.73. The first-order valence-corrected chi connectivity index (χ1v) is 14.5. The van der Waals surface area contributed by atoms with Gasteiger partial charge in [0.05, 0.1) is 12.7 Å². The summed E-state index contributed by atoms with van der Waals surface area (Å²) in [5, 5.41) is 15.4. The van der Waals surface area contributed by atoms with Crippen molar-refractivity contribution in [3.8, 4) is 28.6 Å². The fraction of sp³-hybridized carbons (Fsp3) is 0.522. The standard InChI is InChI=1S/C23H31N5O2Si/c1-30-20-14-16(11-13-31(2,3)4)7-10-19(20)22-27-26-21(23(29)28(22)18-8-9-18)25-17-6-5-12-24-15-17/h7,10,14,17-18,24H,5-6,8-9,12,15H2,1-4H3,(H,25,26)/t17-/m1/s1. The van der Waals surface area contributed by atoms with Crippen LogP contribution in [-0.2, 0) is 0 Å². The van der Waals surface area contributed by atoms with Crippen LogP contribution in [0.3, 0.4) is 0 Å². The number of nitrogens with zero attached hydrogens (tertiary/aromatic N) is 3. The van der Waals surface area contributed by atoms with Crippen molar-refractivity contribution in [1.82, 2.24) is 20.1 Å². The van der Waals surface area contributed by atoms with Gasteiger partial charge in [0.15, 0.2) is 5.82 Å². The zero-order valence-corrected chi connectivity index (χ0v) is 19.8. The Labute approximate surface area is 184 Å². The van der Waals surface area contributed by atoms with Crippen LogP contribution in [0.2, 0.25) is 19.6 Å². The maximum Gasteiger partial charge on any atom is 0.297 e. The molecule has 2 heterocycles. The highest BCUT2D eigenvalue weighted by molar-refractivity contribution is 6.83. The maximum atomic E-state index is 13.3. The molecule has 1 aliphatic heterocycles. The van der Waals surface area contributed by atoms with Crippen LogP contribution in [0.25, 0.3) is 11.4 Å². The summed E-state index contributed by atoms with van der Waals surface area (Å²) in [6.45, 7) is 8.50. The lowest BCUT2D eigenvalue weighted by molar-refractivity contribution is 0.415. The molecule has 1 atom stereocenters. The highest BCUT2D eigenvalue weighted by Gasteiger charge is 2.31. The van der Waals surface area contributed by atoms with Crippen LogP contribution in [0.4, 0.5) is 5.82 Å². The van der Waals surface area contributed by atoms with Crippen molar-refractivity contribution in [3.05, 3.63) is 34.1 Å². The molecule has 1 aromatic carbocycles. The van der Waals surface area contributed by atoms with Crippen LogP contribution in [0, 0.1) is 11.5 Å². The molecule has 2 aromatic rings. The summed E-state index contributed by atoms with van der Waals surface area (Å²) in [6, 6.07) is 6.19. The predicted molar refractivity (Wildman–Crippen MR) is 126 cm³/mol. The quantitative estimate of drug-likeness (QED) is 0.553. The summed E-state index contributed by atoms with van der Waals surface area (Å²) in [5.74, 6) is 4.81. The first-order chi connectivity index (χ1) is 14.9. The molecular weight excluding hydrogens is 406 g/mol. The van der Waals surface area contributed by atoms with Gasteiger partial charge >= 0.3 is 0 Å². The van der Waals surface area contributed by atoms with Gasteiger partial charge in [0.1, 0.15) is 13.8 Å². The highest BCUT2D eigenvalue weighted by atomic mass is 28.3. The van der Waals surface area contributed by atoms with Gasteiger partial charge in [-0.2, -0.15) is 0 Å². The molecule has 7 nitrogen and oxygen atoms in total. The van der Waals surface area contributed by atoms with Gasteiger partial charge in [0, 0.05) is 24.2 Å². The van der Waals surface area contributed by atoms with Crippen LogP contribution >= 0.6 is 0 Å². The number of benzene rings is 1. The lowest BCUT2D eigenvalue weighted by Gasteiger charge is -2.24. The SMILES string of the molecule is COc1cc(C#C[Si](C)(C)C)ccc1-c1nnc(N[C@@H]2CCCNC2)c(=O)n1C1CC1. The van der Waals surface area contributed by atoms with E-state index in [0.29, 0.717) is 17.4 Å². The second kappa shape index (κ2) is 8.85. The molecular formula is C23H31N5O2Si. The molecule has 1 aromatic heterocycles. The van der Waals surface area contributed by atoms with E-state index in [0.717, 1.165) is 49.9 Å². The number of nitrogens with one attached hydrogen (secondary N) is 2. The summed E-state index contributed by atoms with van der Waals surface area (Å²) in [7, 11) is 0.158. The van der Waals surface area contributed by atoms with Gasteiger partial charge in [0.2, 0.25) is 5.82 Å². The lowest BCUT2D eigenvalue weighted by Crippen LogP contribution is -2.40. The highest BCUT2D eigenvalue weighted by Crippen LogP contribution is 2.38. The summed E-state index contributed by atoms with van der Waals surface area (Å²) >= 11 is 0. The Morgan fingerprint density at radius 3 is 2.68 bits per heavy atom. The topological polar surface area (TPSA) is 81.1 Å². The van der Waals surface area contributed by atoms with E-state index >= 15 is 0 Å². The van der Waals surface area contributed by atoms with E-state index < -0.39 is 8.07 Å². The Kier molecular flexibility index (Phi) is 6.16. The fourth-order valence-corrected chi connectivity index (χ4v) is 4.25. The van der Waals surface area contributed by atoms with Gasteiger partial charge in [-0.1, -0.05) is 25.6 Å². The van der Waals surface area contributed by atoms with Crippen LogP contribution in [0.1, 0.15) is 37.3 Å². The van der Waals surface area contributed by atoms with E-state index in [4.69, 9.17) is 4.74 Å². The van der Waals surface area contributed by atoms with Crippen molar-refractivity contribution in [2.24, 2.45) is 0 Å². The smallest absolute Gasteiger partial charge is 0.297 e. The van der Waals surface area contributed by atoms with E-state index in [-0.39, 0.29) is 17.6 Å². The molecule has 0 amide bonds. The molecule has 1 saturated heterocycles. The summed E-state index contributed by atoms with van der Waals surface area (Å²) in [6.07, 6.45) is 4.06. The van der Waals surface area contributed by atoms with E-state index in [1.807, 2.05) is 18.2 Å². The van der Waals surface area contributed by atoms with Crippen molar-refractivity contribution < 1.29 is 4.74 Å². The van der Waals surface area contributed by atoms with Crippen molar-refractivity contribution in [2.75, 3.05) is 25.5 Å². The van der Waals surface area contributed by atoms with E-state index in [2.05, 4.69) is 51.9 Å². The van der Waals surface area contributed by atoms with E-state index in [1.165, 1.54) is 0 Å². The molecule has 0 unspecified atom stereocenters. The third kappa shape index (κ3) is 5.17. The van der Waals surface area contributed by atoms with Crippen LogP contribution in [0.15, 0.2) is 23.0 Å². The number of piperidine rings is 1. The Morgan fingerprint density at radius 2 is 2.03 bits per heavy atom. The molecule has 1 aliphatic carbocycles. The zero-order chi connectivity index (χ0) is 22.0. The van der Waals surface area contributed by atoms with E-state index in [9.17, 15) is 4.79 Å². The van der Waals surface area contributed by atoms with Crippen molar-refractivity contribution in [2.45, 2.75) is 57.4 Å². The van der Waals surface area contributed by atoms with Gasteiger partial charge < -0.3 is 15.4 Å². The Balaban J connectivity index is 1.71. The monoisotopic (exact) mass is 437 g/mol. The molecule has 0 bridgehead atoms. The summed E-state index contributed by atoms with van der Waals surface area (Å²) in [4.78, 5) is 13.3. The average Bonchev–Trinajstić information content (AvgIpc) is 3.59. The first kappa shape index (κ1) is 21.6. The number of ether oxygens (including phenoxy) is 1. The number of methoxy groups -OCH3 is 1. The van der Waals surface area contributed by atoms with Crippen LogP contribution in [0.5, 0.6) is 5.75 Å². The summed E-state index contributed by atoms with van der Waals surface area (Å²) in [5.41, 5.74) is 4.94. The lowest BCUT2D eigenvalue weighted by atomic mass is 10.1. The molecule has 8 heteroatoms. The minimum atomic E-state index is -1.47. The Hall–Kier alpha value is -2.63. The largest absolute Gasteiger partial charge is 0.496 e. The van der Waals surface area contributed by atoms with Crippen molar-refractivity contribution in [3.63, 3.8) is 0 Å². The van der Waals surface area contributed by atoms with Crippen molar-refractivity contribution >= 4 is 13.9 Å². The molecule has 0 radical (unpaired) electrons. The molecule has 164 valence electrons. The van der Waals surface area contributed by atoms with Gasteiger partial charge in [-0.05, 0) is 50.4 Å². The normalized spacial score (nSPS) is 18.8. The number of rotatable bonds is 5. The Bertz CT molecular complexity index is 1070. The molecule has 0 spiro atoms. The van der Waals surface area contributed by atoms with Crippen molar-refractivity contribution in [1.29, 1.82) is 0 Å². The predicted octanol–water partition coefficient (Wildman–Crippen LogP) is 3.04. The number of aromatic nitrogens is 3. The van der Waals surface area contributed by atoms with Gasteiger partial charge in [-0.25, -0.2) is 0 Å². The van der Waals surface area contributed by atoms with Crippen LogP contribution in [-0.4, -0.2) is 49.1 Å². The molecule has 4 rings (SSSR count). The van der Waals surface area contributed by atoms with Gasteiger partial charge in [0.25, 0.3) is 5.56 Å². The first-order valence-electron chi connectivity index (χ1n) is 11.0. The molecule has 31 heavy (non-hydrogen) atoms. The maximum absolute atomic E-state index is 13.3. The minimum Gasteiger partial charge on any atom is -0.496 e. The second-order valence-corrected chi connectivity index (χ2v) is 14.1. The van der Waals surface area contributed by atoms with Gasteiger partial charge in [-0.3, -0.25) is 9.36 Å². The van der Waals surface area contributed by atoms with Gasteiger partial charge in [-0.15, -0.1) is 15.7 Å². The second-order valence-electron chi connectivity index (χ2n) is 9.38. The van der Waals surface area contributed by atoms with E-state index in [1.54, 1.807) is 11.7 Å². The third-order valence-electron chi connectivity index (χ3n) is 5.47. The minimum absolute atomic E-state index is 0.109. The number of hydrogen-bond donors (Lipinski definition) is 2. The Morgan fingerprint density at radius 1 is 1.23 bits per heavy atom. The average molecular weight is 438 g/mol. The zero-order valence-electron chi connectivity index (χ0n) is 18.8. The molecule has 1 saturated carbocycles.